The number of fused-ring (bicyclic) bond motifs is 1. The molecule has 0 unspecified atom stereocenters. The summed E-state index contributed by atoms with van der Waals surface area (Å²) in [4.78, 5) is 11.9. The summed E-state index contributed by atoms with van der Waals surface area (Å²) in [5, 5.41) is 2.50. The second kappa shape index (κ2) is 6.66. The fourth-order valence-electron chi connectivity index (χ4n) is 2.72. The van der Waals surface area contributed by atoms with E-state index in [1.54, 1.807) is 6.07 Å². The van der Waals surface area contributed by atoms with Crippen LogP contribution in [0.25, 0.3) is 0 Å². The molecule has 0 saturated heterocycles. The summed E-state index contributed by atoms with van der Waals surface area (Å²) in [6.45, 7) is 0. The maximum Gasteiger partial charge on any atom is 0.234 e. The van der Waals surface area contributed by atoms with E-state index in [1.807, 2.05) is 0 Å². The van der Waals surface area contributed by atoms with Crippen molar-refractivity contribution >= 4 is 23.4 Å². The molecule has 120 valence electrons. The Balaban J connectivity index is 1.61. The van der Waals surface area contributed by atoms with Gasteiger partial charge in [0.1, 0.15) is 17.5 Å². The van der Waals surface area contributed by atoms with Crippen LogP contribution in [0.1, 0.15) is 22.8 Å². The van der Waals surface area contributed by atoms with Crippen molar-refractivity contribution in [1.82, 2.24) is 0 Å². The third-order valence-corrected chi connectivity index (χ3v) is 5.04. The van der Waals surface area contributed by atoms with Gasteiger partial charge in [-0.3, -0.25) is 4.79 Å². The molecule has 0 spiro atoms. The molecule has 0 bridgehead atoms. The minimum Gasteiger partial charge on any atom is -0.325 e. The largest absolute Gasteiger partial charge is 0.325 e. The van der Waals surface area contributed by atoms with Gasteiger partial charge < -0.3 is 5.32 Å². The molecule has 2 aromatic rings. The predicted molar refractivity (Wildman–Crippen MR) is 84.9 cm³/mol. The minimum absolute atomic E-state index is 0.103. The summed E-state index contributed by atoms with van der Waals surface area (Å²) in [6.07, 6.45) is 1.22. The van der Waals surface area contributed by atoms with Crippen molar-refractivity contribution < 1.29 is 18.0 Å². The average molecular weight is 337 g/mol. The monoisotopic (exact) mass is 337 g/mol. The zero-order valence-electron chi connectivity index (χ0n) is 12.1. The molecule has 0 heterocycles. The summed E-state index contributed by atoms with van der Waals surface area (Å²) in [6, 6.07) is 7.87. The Morgan fingerprint density at radius 2 is 2.00 bits per heavy atom. The molecule has 1 N–H and O–H groups in total. The Kier molecular flexibility index (Phi) is 4.61. The molecule has 1 aliphatic rings. The molecule has 0 aliphatic heterocycles. The Morgan fingerprint density at radius 1 is 1.17 bits per heavy atom. The van der Waals surface area contributed by atoms with E-state index in [0.29, 0.717) is 29.7 Å². The van der Waals surface area contributed by atoms with Crippen LogP contribution in [0.5, 0.6) is 0 Å². The van der Waals surface area contributed by atoms with Gasteiger partial charge in [-0.2, -0.15) is 0 Å². The van der Waals surface area contributed by atoms with E-state index in [1.165, 1.54) is 36.0 Å². The lowest BCUT2D eigenvalue weighted by Gasteiger charge is -2.12. The molecule has 0 radical (unpaired) electrons. The number of carbonyl (C=O) groups excluding carboxylic acids is 1. The van der Waals surface area contributed by atoms with Gasteiger partial charge in [-0.25, -0.2) is 13.2 Å². The smallest absolute Gasteiger partial charge is 0.234 e. The van der Waals surface area contributed by atoms with Crippen LogP contribution in [0, 0.1) is 17.5 Å². The summed E-state index contributed by atoms with van der Waals surface area (Å²) >= 11 is 1.34. The van der Waals surface area contributed by atoms with Gasteiger partial charge >= 0.3 is 0 Å². The number of hydrogen-bond acceptors (Lipinski definition) is 2. The molecule has 1 amide bonds. The highest BCUT2D eigenvalue weighted by atomic mass is 32.2. The minimum atomic E-state index is -0.599. The average Bonchev–Trinajstić information content (AvgIpc) is 2.88. The fraction of sp³-hybridized carbons (Fsp3) is 0.235. The van der Waals surface area contributed by atoms with Crippen LogP contribution in [0.4, 0.5) is 18.9 Å². The zero-order valence-corrected chi connectivity index (χ0v) is 12.9. The lowest BCUT2D eigenvalue weighted by molar-refractivity contribution is -0.113. The molecule has 0 fully saturated rings. The zero-order chi connectivity index (χ0) is 16.4. The van der Waals surface area contributed by atoms with Crippen molar-refractivity contribution in [2.75, 3.05) is 11.1 Å². The van der Waals surface area contributed by atoms with Gasteiger partial charge in [0.05, 0.1) is 5.75 Å². The van der Waals surface area contributed by atoms with Gasteiger partial charge in [0.15, 0.2) is 0 Å². The van der Waals surface area contributed by atoms with E-state index in [4.69, 9.17) is 0 Å². The van der Waals surface area contributed by atoms with Crippen LogP contribution < -0.4 is 5.32 Å². The van der Waals surface area contributed by atoms with Crippen molar-refractivity contribution in [2.24, 2.45) is 0 Å². The standard InChI is InChI=1S/C17H14F3NOS/c18-10-2-1-3-12(6-10)21-17(22)9-23-16-5-4-13-14(16)7-11(19)8-15(13)20/h1-3,6-8,16H,4-5,9H2,(H,21,22)/t16-/m0/s1. The lowest BCUT2D eigenvalue weighted by atomic mass is 10.1. The summed E-state index contributed by atoms with van der Waals surface area (Å²) in [7, 11) is 0. The van der Waals surface area contributed by atoms with E-state index >= 15 is 0 Å². The topological polar surface area (TPSA) is 29.1 Å². The highest BCUT2D eigenvalue weighted by Gasteiger charge is 2.27. The van der Waals surface area contributed by atoms with Gasteiger partial charge in [0.2, 0.25) is 5.91 Å². The lowest BCUT2D eigenvalue weighted by Crippen LogP contribution is -2.14. The van der Waals surface area contributed by atoms with E-state index in [-0.39, 0.29) is 16.9 Å². The van der Waals surface area contributed by atoms with Crippen LogP contribution in [0.15, 0.2) is 36.4 Å². The van der Waals surface area contributed by atoms with Gasteiger partial charge in [0, 0.05) is 17.0 Å². The molecule has 2 aromatic carbocycles. The third-order valence-electron chi connectivity index (χ3n) is 3.72. The molecular weight excluding hydrogens is 323 g/mol. The number of amides is 1. The third kappa shape index (κ3) is 3.69. The summed E-state index contributed by atoms with van der Waals surface area (Å²) in [5.41, 5.74) is 1.56. The molecular formula is C17H14F3NOS. The second-order valence-corrected chi connectivity index (χ2v) is 6.54. The SMILES string of the molecule is O=C(CS[C@H]1CCc2c(F)cc(F)cc21)Nc1cccc(F)c1. The first-order valence-corrected chi connectivity index (χ1v) is 8.22. The van der Waals surface area contributed by atoms with Crippen molar-refractivity contribution in [3.8, 4) is 0 Å². The first-order chi connectivity index (χ1) is 11.0. The van der Waals surface area contributed by atoms with Gasteiger partial charge in [-0.05, 0) is 48.2 Å². The van der Waals surface area contributed by atoms with Gasteiger partial charge in [-0.1, -0.05) is 6.07 Å². The van der Waals surface area contributed by atoms with Crippen LogP contribution >= 0.6 is 11.8 Å². The number of benzene rings is 2. The predicted octanol–water partition coefficient (Wildman–Crippen LogP) is 4.46. The second-order valence-electron chi connectivity index (χ2n) is 5.35. The molecule has 1 atom stereocenters. The number of carbonyl (C=O) groups is 1. The first kappa shape index (κ1) is 15.9. The molecule has 1 aliphatic carbocycles. The quantitative estimate of drug-likeness (QED) is 0.892. The Labute approximate surface area is 136 Å². The summed E-state index contributed by atoms with van der Waals surface area (Å²) < 4.78 is 40.1. The molecule has 23 heavy (non-hydrogen) atoms. The number of halogens is 3. The molecule has 0 saturated carbocycles. The maximum atomic E-state index is 13.7. The summed E-state index contributed by atoms with van der Waals surface area (Å²) in [5.74, 6) is -1.68. The highest BCUT2D eigenvalue weighted by Crippen LogP contribution is 2.42. The van der Waals surface area contributed by atoms with Gasteiger partial charge in [0.25, 0.3) is 0 Å². The maximum absolute atomic E-state index is 13.7. The van der Waals surface area contributed by atoms with Crippen LogP contribution in [0.3, 0.4) is 0 Å². The Hall–Kier alpha value is -1.95. The first-order valence-electron chi connectivity index (χ1n) is 7.18. The fourth-order valence-corrected chi connectivity index (χ4v) is 3.82. The van der Waals surface area contributed by atoms with Crippen LogP contribution in [0.2, 0.25) is 0 Å². The molecule has 3 rings (SSSR count). The Morgan fingerprint density at radius 3 is 2.78 bits per heavy atom. The molecule has 2 nitrogen and oxygen atoms in total. The number of nitrogens with one attached hydrogen (secondary N) is 1. The normalized spacial score (nSPS) is 16.2. The number of hydrogen-bond donors (Lipinski definition) is 1. The van der Waals surface area contributed by atoms with Gasteiger partial charge in [-0.15, -0.1) is 11.8 Å². The van der Waals surface area contributed by atoms with E-state index in [2.05, 4.69) is 5.32 Å². The van der Waals surface area contributed by atoms with Crippen molar-refractivity contribution in [3.63, 3.8) is 0 Å². The molecule has 0 aromatic heterocycles. The number of rotatable bonds is 4. The van der Waals surface area contributed by atoms with E-state index in [9.17, 15) is 18.0 Å². The van der Waals surface area contributed by atoms with Crippen molar-refractivity contribution in [1.29, 1.82) is 0 Å². The number of thioether (sulfide) groups is 1. The molecule has 6 heteroatoms. The highest BCUT2D eigenvalue weighted by molar-refractivity contribution is 8.00. The van der Waals surface area contributed by atoms with Crippen molar-refractivity contribution in [3.05, 3.63) is 65.0 Å². The van der Waals surface area contributed by atoms with Crippen molar-refractivity contribution in [2.45, 2.75) is 18.1 Å². The van der Waals surface area contributed by atoms with Crippen LogP contribution in [-0.2, 0) is 11.2 Å². The Bertz CT molecular complexity index is 751. The van der Waals surface area contributed by atoms with Crippen LogP contribution in [-0.4, -0.2) is 11.7 Å². The van der Waals surface area contributed by atoms with E-state index < -0.39 is 17.5 Å². The number of anilines is 1. The van der Waals surface area contributed by atoms with E-state index in [0.717, 1.165) is 6.07 Å².